The first-order chi connectivity index (χ1) is 17.8. The molecule has 1 aliphatic heterocycles. The molecule has 4 rings (SSSR count). The molecule has 7 heteroatoms. The number of aliphatic hydroxyl groups excluding tert-OH is 1. The molecular weight excluding hydrogens is 470 g/mol. The molecule has 0 spiro atoms. The van der Waals surface area contributed by atoms with Crippen molar-refractivity contribution in [2.24, 2.45) is 0 Å². The quantitative estimate of drug-likeness (QED) is 0.237. The van der Waals surface area contributed by atoms with Gasteiger partial charge >= 0.3 is 0 Å². The van der Waals surface area contributed by atoms with Gasteiger partial charge in [-0.1, -0.05) is 24.3 Å². The lowest BCUT2D eigenvalue weighted by Gasteiger charge is -2.26. The molecule has 1 unspecified atom stereocenters. The molecule has 0 saturated carbocycles. The Morgan fingerprint density at radius 1 is 0.892 bits per heavy atom. The number of nitrogens with zero attached hydrogens (tertiary/aromatic N) is 1. The highest BCUT2D eigenvalue weighted by Gasteiger charge is 2.46. The summed E-state index contributed by atoms with van der Waals surface area (Å²) < 4.78 is 16.5. The fourth-order valence-electron chi connectivity index (χ4n) is 4.35. The lowest BCUT2D eigenvalue weighted by molar-refractivity contribution is -0.140. The van der Waals surface area contributed by atoms with Gasteiger partial charge in [0.1, 0.15) is 23.0 Å². The number of ketones is 1. The Hall–Kier alpha value is -4.26. The first kappa shape index (κ1) is 25.8. The van der Waals surface area contributed by atoms with E-state index in [1.165, 1.54) is 4.90 Å². The molecule has 3 aromatic carbocycles. The first-order valence-corrected chi connectivity index (χ1v) is 12.2. The van der Waals surface area contributed by atoms with Crippen LogP contribution in [0.4, 0.5) is 0 Å². The van der Waals surface area contributed by atoms with Crippen LogP contribution in [0.25, 0.3) is 5.76 Å². The molecule has 7 nitrogen and oxygen atoms in total. The number of Topliss-reactive ketones (excluding diaryl/α,β-unsaturated/α-hetero) is 1. The van der Waals surface area contributed by atoms with Crippen molar-refractivity contribution in [3.8, 4) is 17.2 Å². The Balaban J connectivity index is 1.77. The van der Waals surface area contributed by atoms with Crippen molar-refractivity contribution in [1.29, 1.82) is 0 Å². The van der Waals surface area contributed by atoms with Gasteiger partial charge in [0.05, 0.1) is 31.4 Å². The van der Waals surface area contributed by atoms with Crippen LogP contribution in [0.3, 0.4) is 0 Å². The molecule has 1 heterocycles. The lowest BCUT2D eigenvalue weighted by Crippen LogP contribution is -2.29. The van der Waals surface area contributed by atoms with Gasteiger partial charge in [0, 0.05) is 12.1 Å². The fourth-order valence-corrected chi connectivity index (χ4v) is 4.35. The van der Waals surface area contributed by atoms with E-state index in [-0.39, 0.29) is 24.0 Å². The number of hydrogen-bond acceptors (Lipinski definition) is 6. The number of benzene rings is 3. The average molecular weight is 502 g/mol. The van der Waals surface area contributed by atoms with Gasteiger partial charge in [0.2, 0.25) is 0 Å². The molecule has 1 fully saturated rings. The number of rotatable bonds is 9. The Bertz CT molecular complexity index is 1280. The van der Waals surface area contributed by atoms with E-state index in [1.807, 2.05) is 45.0 Å². The summed E-state index contributed by atoms with van der Waals surface area (Å²) in [5.41, 5.74) is 1.99. The third-order valence-corrected chi connectivity index (χ3v) is 6.06. The van der Waals surface area contributed by atoms with E-state index in [0.717, 1.165) is 5.56 Å². The van der Waals surface area contributed by atoms with Gasteiger partial charge in [-0.25, -0.2) is 0 Å². The van der Waals surface area contributed by atoms with Crippen LogP contribution in [-0.4, -0.2) is 41.5 Å². The summed E-state index contributed by atoms with van der Waals surface area (Å²) in [6.07, 6.45) is 0.00576. The van der Waals surface area contributed by atoms with Crippen LogP contribution >= 0.6 is 0 Å². The van der Waals surface area contributed by atoms with Crippen LogP contribution in [0, 0.1) is 0 Å². The molecule has 1 saturated heterocycles. The maximum atomic E-state index is 13.3. The molecule has 1 N–H and O–H groups in total. The fraction of sp³-hybridized carbons (Fsp3) is 0.267. The SMILES string of the molecule is CCOc1ccc(/C(O)=C2/C(=O)C(=O)N(Cc3ccc(OC)cc3)C2c2ccc(OC(C)C)cc2)cc1. The molecule has 3 aromatic rings. The summed E-state index contributed by atoms with van der Waals surface area (Å²) in [5, 5.41) is 11.3. The number of aliphatic hydroxyl groups is 1. The molecule has 1 amide bonds. The smallest absolute Gasteiger partial charge is 0.295 e. The highest BCUT2D eigenvalue weighted by Crippen LogP contribution is 2.41. The van der Waals surface area contributed by atoms with E-state index in [2.05, 4.69) is 0 Å². The van der Waals surface area contributed by atoms with Gasteiger partial charge in [0.25, 0.3) is 11.7 Å². The number of ether oxygens (including phenoxy) is 3. The summed E-state index contributed by atoms with van der Waals surface area (Å²) >= 11 is 0. The minimum absolute atomic E-state index is 0.00576. The topological polar surface area (TPSA) is 85.3 Å². The summed E-state index contributed by atoms with van der Waals surface area (Å²) in [6, 6.07) is 20.6. The van der Waals surface area contributed by atoms with Crippen molar-refractivity contribution in [3.63, 3.8) is 0 Å². The summed E-state index contributed by atoms with van der Waals surface area (Å²) in [4.78, 5) is 28.1. The van der Waals surface area contributed by atoms with E-state index < -0.39 is 17.7 Å². The van der Waals surface area contributed by atoms with Crippen molar-refractivity contribution in [3.05, 3.63) is 95.1 Å². The maximum absolute atomic E-state index is 13.3. The van der Waals surface area contributed by atoms with Crippen LogP contribution in [0.15, 0.2) is 78.4 Å². The predicted molar refractivity (Wildman–Crippen MR) is 141 cm³/mol. The third kappa shape index (κ3) is 5.61. The molecule has 37 heavy (non-hydrogen) atoms. The third-order valence-electron chi connectivity index (χ3n) is 6.06. The zero-order valence-electron chi connectivity index (χ0n) is 21.4. The average Bonchev–Trinajstić information content (AvgIpc) is 3.14. The first-order valence-electron chi connectivity index (χ1n) is 12.2. The van der Waals surface area contributed by atoms with Crippen molar-refractivity contribution in [2.45, 2.75) is 39.5 Å². The molecule has 0 radical (unpaired) electrons. The Labute approximate surface area is 216 Å². The van der Waals surface area contributed by atoms with Crippen LogP contribution in [0.1, 0.15) is 43.5 Å². The number of likely N-dealkylation sites (tertiary alicyclic amines) is 1. The second kappa shape index (κ2) is 11.2. The lowest BCUT2D eigenvalue weighted by atomic mass is 9.95. The molecule has 0 bridgehead atoms. The standard InChI is InChI=1S/C30H31NO6/c1-5-36-24-14-10-22(11-15-24)28(32)26-27(21-8-16-25(17-9-21)37-19(2)3)31(30(34)29(26)33)18-20-6-12-23(35-4)13-7-20/h6-17,19,27,32H,5,18H2,1-4H3/b28-26-. The van der Waals surface area contributed by atoms with E-state index in [0.29, 0.717) is 35.0 Å². The second-order valence-corrected chi connectivity index (χ2v) is 8.97. The van der Waals surface area contributed by atoms with E-state index >= 15 is 0 Å². The van der Waals surface area contributed by atoms with Crippen molar-refractivity contribution >= 4 is 17.4 Å². The zero-order valence-corrected chi connectivity index (χ0v) is 21.4. The minimum Gasteiger partial charge on any atom is -0.507 e. The Morgan fingerprint density at radius 2 is 1.49 bits per heavy atom. The molecule has 1 atom stereocenters. The van der Waals surface area contributed by atoms with Gasteiger partial charge < -0.3 is 24.2 Å². The predicted octanol–water partition coefficient (Wildman–Crippen LogP) is 5.50. The van der Waals surface area contributed by atoms with E-state index in [4.69, 9.17) is 14.2 Å². The minimum atomic E-state index is -0.776. The number of carbonyl (C=O) groups excluding carboxylic acids is 2. The molecule has 0 aliphatic carbocycles. The van der Waals surface area contributed by atoms with Crippen LogP contribution < -0.4 is 14.2 Å². The van der Waals surface area contributed by atoms with E-state index in [1.54, 1.807) is 55.6 Å². The van der Waals surface area contributed by atoms with Crippen LogP contribution in [-0.2, 0) is 16.1 Å². The van der Waals surface area contributed by atoms with Gasteiger partial charge in [-0.3, -0.25) is 9.59 Å². The zero-order chi connectivity index (χ0) is 26.5. The normalized spacial score (nSPS) is 16.8. The van der Waals surface area contributed by atoms with E-state index in [9.17, 15) is 14.7 Å². The summed E-state index contributed by atoms with van der Waals surface area (Å²) in [7, 11) is 1.58. The van der Waals surface area contributed by atoms with Crippen LogP contribution in [0.2, 0.25) is 0 Å². The summed E-state index contributed by atoms with van der Waals surface area (Å²) in [5.74, 6) is 0.390. The van der Waals surface area contributed by atoms with Gasteiger partial charge in [-0.15, -0.1) is 0 Å². The number of carbonyl (C=O) groups is 2. The van der Waals surface area contributed by atoms with Gasteiger partial charge in [-0.2, -0.15) is 0 Å². The maximum Gasteiger partial charge on any atom is 0.295 e. The van der Waals surface area contributed by atoms with Gasteiger partial charge in [0.15, 0.2) is 0 Å². The second-order valence-electron chi connectivity index (χ2n) is 8.97. The largest absolute Gasteiger partial charge is 0.507 e. The monoisotopic (exact) mass is 501 g/mol. The summed E-state index contributed by atoms with van der Waals surface area (Å²) in [6.45, 7) is 6.46. The molecule has 1 aliphatic rings. The molecule has 0 aromatic heterocycles. The van der Waals surface area contributed by atoms with Gasteiger partial charge in [-0.05, 0) is 80.4 Å². The highest BCUT2D eigenvalue weighted by atomic mass is 16.5. The Morgan fingerprint density at radius 3 is 2.05 bits per heavy atom. The highest BCUT2D eigenvalue weighted by molar-refractivity contribution is 6.46. The van der Waals surface area contributed by atoms with Crippen molar-refractivity contribution in [1.82, 2.24) is 4.90 Å². The van der Waals surface area contributed by atoms with Crippen molar-refractivity contribution < 1.29 is 28.9 Å². The Kier molecular flexibility index (Phi) is 7.82. The molecule has 192 valence electrons. The van der Waals surface area contributed by atoms with Crippen molar-refractivity contribution in [2.75, 3.05) is 13.7 Å². The molecular formula is C30H31NO6. The number of amides is 1. The van der Waals surface area contributed by atoms with Crippen LogP contribution in [0.5, 0.6) is 17.2 Å². The number of methoxy groups -OCH3 is 1. The number of hydrogen-bond donors (Lipinski definition) is 1.